The number of nitrogens with zero attached hydrogens (tertiary/aromatic N) is 2. The third-order valence-electron chi connectivity index (χ3n) is 7.28. The molecule has 44 heavy (non-hydrogen) atoms. The molecule has 0 N–H and O–H groups in total. The van der Waals surface area contributed by atoms with Crippen molar-refractivity contribution in [3.63, 3.8) is 0 Å². The summed E-state index contributed by atoms with van der Waals surface area (Å²) in [6, 6.07) is 0. The van der Waals surface area contributed by atoms with Crippen molar-refractivity contribution in [2.45, 2.75) is 136 Å². The fraction of sp³-hybridized carbons (Fsp3) is 0.882. The molecule has 0 aromatic carbocycles. The van der Waals surface area contributed by atoms with Crippen LogP contribution < -0.4 is 0 Å². The maximum absolute atomic E-state index is 12.3. The van der Waals surface area contributed by atoms with Crippen molar-refractivity contribution in [3.8, 4) is 0 Å². The van der Waals surface area contributed by atoms with Crippen LogP contribution in [0.5, 0.6) is 0 Å². The lowest BCUT2D eigenvalue weighted by Crippen LogP contribution is -2.38. The van der Waals surface area contributed by atoms with Crippen LogP contribution in [0.4, 0.5) is 0 Å². The van der Waals surface area contributed by atoms with E-state index >= 15 is 0 Å². The molecule has 0 saturated heterocycles. The Morgan fingerprint density at radius 3 is 1.32 bits per heavy atom. The monoisotopic (exact) mass is 696 g/mol. The Bertz CT molecular complexity index is 806. The molecule has 262 valence electrons. The van der Waals surface area contributed by atoms with Crippen molar-refractivity contribution in [1.29, 1.82) is 0 Å². The predicted octanol–water partition coefficient (Wildman–Crippen LogP) is 10.4. The molecule has 0 spiro atoms. The molecule has 0 aliphatic heterocycles. The van der Waals surface area contributed by atoms with Gasteiger partial charge < -0.3 is 19.3 Å². The van der Waals surface area contributed by atoms with Crippen LogP contribution in [-0.4, -0.2) is 70.3 Å². The number of methoxy groups -OCH3 is 1. The maximum atomic E-state index is 12.3. The number of hydrogen-bond acceptors (Lipinski definition) is 8. The predicted molar refractivity (Wildman–Crippen MR) is 204 cm³/mol. The highest BCUT2D eigenvalue weighted by atomic mass is 33.1. The first-order valence-corrected chi connectivity index (χ1v) is 19.2. The molecule has 0 aliphatic carbocycles. The normalized spacial score (nSPS) is 12.8. The van der Waals surface area contributed by atoms with E-state index in [4.69, 9.17) is 33.9 Å². The summed E-state index contributed by atoms with van der Waals surface area (Å²) in [4.78, 5) is 28.7. The first kappa shape index (κ1) is 47.8. The minimum Gasteiger partial charge on any atom is -0.469 e. The molecule has 1 unspecified atom stereocenters. The summed E-state index contributed by atoms with van der Waals surface area (Å²) in [6.07, 6.45) is 4.36. The molecule has 0 bridgehead atoms. The highest BCUT2D eigenvalue weighted by Gasteiger charge is 2.43. The second kappa shape index (κ2) is 23.7. The molecule has 1 atom stereocenters. The van der Waals surface area contributed by atoms with Gasteiger partial charge in [-0.15, -0.1) is 0 Å². The van der Waals surface area contributed by atoms with Gasteiger partial charge in [0, 0.05) is 26.2 Å². The average molecular weight is 697 g/mol. The van der Waals surface area contributed by atoms with E-state index < -0.39 is 10.8 Å². The summed E-state index contributed by atoms with van der Waals surface area (Å²) in [5.74, 6) is -0.514. The van der Waals surface area contributed by atoms with Crippen molar-refractivity contribution < 1.29 is 19.1 Å². The van der Waals surface area contributed by atoms with Crippen molar-refractivity contribution in [2.75, 3.05) is 39.9 Å². The molecule has 0 aromatic heterocycles. The van der Waals surface area contributed by atoms with Gasteiger partial charge in [-0.3, -0.25) is 9.59 Å². The topological polar surface area (TPSA) is 59.1 Å². The Hall–Kier alpha value is -0.580. The number of carbonyl (C=O) groups excluding carboxylic acids is 2. The second-order valence-electron chi connectivity index (χ2n) is 14.2. The third-order valence-corrected chi connectivity index (χ3v) is 11.0. The van der Waals surface area contributed by atoms with Gasteiger partial charge in [0.15, 0.2) is 0 Å². The van der Waals surface area contributed by atoms with E-state index in [2.05, 4.69) is 86.0 Å². The fourth-order valence-corrected chi connectivity index (χ4v) is 7.09. The number of carbonyl (C=O) groups is 2. The van der Waals surface area contributed by atoms with Gasteiger partial charge in [-0.2, -0.15) is 0 Å². The molecule has 0 radical (unpaired) electrons. The van der Waals surface area contributed by atoms with Gasteiger partial charge in [0.2, 0.25) is 0 Å². The van der Waals surface area contributed by atoms with Crippen molar-refractivity contribution >= 4 is 66.6 Å². The second-order valence-corrected chi connectivity index (χ2v) is 17.6. The lowest BCUT2D eigenvalue weighted by Gasteiger charge is -2.34. The van der Waals surface area contributed by atoms with Gasteiger partial charge in [0.25, 0.3) is 0 Å². The van der Waals surface area contributed by atoms with Crippen LogP contribution in [-0.2, 0) is 19.1 Å². The summed E-state index contributed by atoms with van der Waals surface area (Å²) in [5, 5.41) is 0. The van der Waals surface area contributed by atoms with E-state index in [9.17, 15) is 9.59 Å². The van der Waals surface area contributed by atoms with Gasteiger partial charge in [-0.05, 0) is 107 Å². The van der Waals surface area contributed by atoms with Crippen LogP contribution in [0.15, 0.2) is 0 Å². The zero-order valence-corrected chi connectivity index (χ0v) is 34.5. The van der Waals surface area contributed by atoms with Crippen molar-refractivity contribution in [2.24, 2.45) is 21.7 Å². The van der Waals surface area contributed by atoms with E-state index in [-0.39, 0.29) is 17.4 Å². The van der Waals surface area contributed by atoms with Crippen LogP contribution >= 0.6 is 46.0 Å². The number of rotatable bonds is 12. The number of esters is 2. The largest absolute Gasteiger partial charge is 0.469 e. The van der Waals surface area contributed by atoms with E-state index in [1.807, 2.05) is 20.8 Å². The zero-order valence-electron chi connectivity index (χ0n) is 31.2. The first-order chi connectivity index (χ1) is 20.0. The minimum atomic E-state index is -0.708. The Balaban J connectivity index is -0.000000665. The Labute approximate surface area is 291 Å². The van der Waals surface area contributed by atoms with E-state index in [1.54, 1.807) is 28.5 Å². The standard InChI is InChI=1S/C18H34O4.C10H20N2S4.C6H14/c1-9-22-14(19)17(5,6)13-18(7,15(20)21-8)12-10-11-16(2,3)4;1-5-11(6-2)9(13)15-16-10(14)12(7-3)8-4;1-5-6(2,3)4/h9-13H2,1-8H3;5-8H2,1-4H3;5H2,1-4H3. The molecular formula is C34H68N2O4S4. The summed E-state index contributed by atoms with van der Waals surface area (Å²) in [6.45, 7) is 35.5. The molecule has 0 heterocycles. The molecule has 0 saturated carbocycles. The first-order valence-electron chi connectivity index (χ1n) is 16.2. The summed E-state index contributed by atoms with van der Waals surface area (Å²) in [7, 11) is 4.59. The minimum absolute atomic E-state index is 0.230. The highest BCUT2D eigenvalue weighted by molar-refractivity contribution is 8.89. The number of hydrogen-bond donors (Lipinski definition) is 0. The summed E-state index contributed by atoms with van der Waals surface area (Å²) >= 11 is 10.7. The van der Waals surface area contributed by atoms with Crippen molar-refractivity contribution in [1.82, 2.24) is 9.80 Å². The van der Waals surface area contributed by atoms with E-state index in [0.29, 0.717) is 24.9 Å². The van der Waals surface area contributed by atoms with E-state index in [1.165, 1.54) is 13.5 Å². The zero-order chi connectivity index (χ0) is 35.4. The van der Waals surface area contributed by atoms with Crippen molar-refractivity contribution in [3.05, 3.63) is 0 Å². The molecule has 0 aliphatic rings. The number of thiocarbonyl (C=S) groups is 2. The molecule has 0 rings (SSSR count). The van der Waals surface area contributed by atoms with Crippen LogP contribution in [0.2, 0.25) is 0 Å². The average Bonchev–Trinajstić information content (AvgIpc) is 2.92. The smallest absolute Gasteiger partial charge is 0.311 e. The summed E-state index contributed by atoms with van der Waals surface area (Å²) in [5.41, 5.74) is -0.607. The fourth-order valence-electron chi connectivity index (χ4n) is 4.03. The molecular weight excluding hydrogens is 629 g/mol. The molecule has 10 heteroatoms. The Morgan fingerprint density at radius 2 is 1.05 bits per heavy atom. The molecule has 0 aromatic rings. The molecule has 0 amide bonds. The van der Waals surface area contributed by atoms with Gasteiger partial charge in [-0.25, -0.2) is 0 Å². The van der Waals surface area contributed by atoms with E-state index in [0.717, 1.165) is 47.7 Å². The van der Waals surface area contributed by atoms with Crippen LogP contribution in [0, 0.1) is 21.7 Å². The third kappa shape index (κ3) is 22.8. The number of ether oxygens (including phenoxy) is 2. The lowest BCUT2D eigenvalue weighted by atomic mass is 9.70. The van der Waals surface area contributed by atoms with Gasteiger partial charge in [0.1, 0.15) is 8.64 Å². The Morgan fingerprint density at radius 1 is 0.659 bits per heavy atom. The lowest BCUT2D eigenvalue weighted by molar-refractivity contribution is -0.161. The molecule has 0 fully saturated rings. The highest BCUT2D eigenvalue weighted by Crippen LogP contribution is 2.40. The van der Waals surface area contributed by atoms with Gasteiger partial charge in [0.05, 0.1) is 24.5 Å². The SMILES string of the molecule is CCC(C)(C)C.CCN(CC)C(=S)SSC(=S)N(CC)CC.CCOC(=O)C(C)(C)CC(C)(CCCC(C)(C)C)C(=O)OC. The quantitative estimate of drug-likeness (QED) is 0.112. The summed E-state index contributed by atoms with van der Waals surface area (Å²) < 4.78 is 12.0. The molecule has 6 nitrogen and oxygen atoms in total. The van der Waals surface area contributed by atoms with Crippen LogP contribution in [0.25, 0.3) is 0 Å². The van der Waals surface area contributed by atoms with Crippen LogP contribution in [0.3, 0.4) is 0 Å². The van der Waals surface area contributed by atoms with Gasteiger partial charge >= 0.3 is 11.9 Å². The van der Waals surface area contributed by atoms with Gasteiger partial charge in [-0.1, -0.05) is 85.7 Å². The maximum Gasteiger partial charge on any atom is 0.311 e. The Kier molecular flexibility index (Phi) is 25.8. The van der Waals surface area contributed by atoms with Crippen LogP contribution in [0.1, 0.15) is 136 Å².